The summed E-state index contributed by atoms with van der Waals surface area (Å²) in [4.78, 5) is 37.0. The van der Waals surface area contributed by atoms with Crippen LogP contribution >= 0.6 is 0 Å². The number of anilines is 1. The molecule has 1 unspecified atom stereocenters. The molecule has 0 amide bonds. The number of aromatic nitrogens is 6. The van der Waals surface area contributed by atoms with Crippen LogP contribution in [0, 0.1) is 18.8 Å². The van der Waals surface area contributed by atoms with Crippen LogP contribution in [0.3, 0.4) is 0 Å². The predicted molar refractivity (Wildman–Crippen MR) is 144 cm³/mol. The Morgan fingerprint density at radius 3 is 2.70 bits per heavy atom. The number of hydrogen-bond donors (Lipinski definition) is 1. The average Bonchev–Trinajstić information content (AvgIpc) is 3.84. The van der Waals surface area contributed by atoms with E-state index in [2.05, 4.69) is 32.2 Å². The Kier molecular flexibility index (Phi) is 6.62. The molecular weight excluding hydrogens is 488 g/mol. The molecule has 10 nitrogen and oxygen atoms in total. The first kappa shape index (κ1) is 24.7. The lowest BCUT2D eigenvalue weighted by atomic mass is 10.1. The van der Waals surface area contributed by atoms with E-state index in [1.165, 1.54) is 0 Å². The van der Waals surface area contributed by atoms with Crippen molar-refractivity contribution in [2.24, 2.45) is 11.8 Å². The molecule has 1 N–H and O–H groups in total. The molecule has 0 spiro atoms. The summed E-state index contributed by atoms with van der Waals surface area (Å²) >= 11 is -0.925. The van der Waals surface area contributed by atoms with E-state index in [0.717, 1.165) is 62.1 Å². The van der Waals surface area contributed by atoms with Gasteiger partial charge in [0.25, 0.3) is 5.56 Å². The van der Waals surface area contributed by atoms with Crippen LogP contribution in [0.25, 0.3) is 22.6 Å². The lowest BCUT2D eigenvalue weighted by Gasteiger charge is -2.20. The predicted octanol–water partition coefficient (Wildman–Crippen LogP) is 3.22. The molecule has 196 valence electrons. The van der Waals surface area contributed by atoms with Crippen molar-refractivity contribution in [1.29, 1.82) is 0 Å². The van der Waals surface area contributed by atoms with Gasteiger partial charge in [-0.05, 0) is 64.7 Å². The Hall–Kier alpha value is -2.63. The number of nitrogens with zero attached hydrogens (tertiary/aromatic N) is 7. The van der Waals surface area contributed by atoms with E-state index < -0.39 is 11.4 Å². The zero-order chi connectivity index (χ0) is 25.7. The minimum atomic E-state index is -0.925. The van der Waals surface area contributed by atoms with Gasteiger partial charge in [-0.15, -0.1) is 4.31 Å². The summed E-state index contributed by atoms with van der Waals surface area (Å²) in [5.74, 6) is 2.74. The highest BCUT2D eigenvalue weighted by molar-refractivity contribution is 7.89. The molecule has 2 saturated carbocycles. The molecule has 0 radical (unpaired) electrons. The second-order valence-corrected chi connectivity index (χ2v) is 12.4. The van der Waals surface area contributed by atoms with Crippen molar-refractivity contribution < 1.29 is 4.55 Å². The highest BCUT2D eigenvalue weighted by Gasteiger charge is 2.34. The molecule has 37 heavy (non-hydrogen) atoms. The van der Waals surface area contributed by atoms with E-state index in [-0.39, 0.29) is 11.6 Å². The second kappa shape index (κ2) is 9.92. The van der Waals surface area contributed by atoms with Gasteiger partial charge in [0.05, 0.1) is 23.1 Å². The minimum Gasteiger partial charge on any atom is -0.598 e. The maximum Gasteiger partial charge on any atom is 0.295 e. The quantitative estimate of drug-likeness (QED) is 0.422. The third-order valence-corrected chi connectivity index (χ3v) is 9.34. The van der Waals surface area contributed by atoms with Crippen molar-refractivity contribution in [1.82, 2.24) is 33.8 Å². The van der Waals surface area contributed by atoms with E-state index in [0.29, 0.717) is 52.9 Å². The maximum absolute atomic E-state index is 13.8. The molecule has 3 aromatic rings. The monoisotopic (exact) mass is 522 g/mol. The topological polar surface area (TPSA) is 125 Å². The Morgan fingerprint density at radius 2 is 1.97 bits per heavy atom. The smallest absolute Gasteiger partial charge is 0.295 e. The van der Waals surface area contributed by atoms with Gasteiger partial charge in [-0.3, -0.25) is 9.36 Å². The van der Waals surface area contributed by atoms with Crippen molar-refractivity contribution in [2.75, 3.05) is 30.7 Å². The Bertz CT molecular complexity index is 1370. The molecule has 3 atom stereocenters. The van der Waals surface area contributed by atoms with Crippen molar-refractivity contribution in [3.8, 4) is 11.4 Å². The zero-order valence-electron chi connectivity index (χ0n) is 21.7. The van der Waals surface area contributed by atoms with Crippen LogP contribution in [0.5, 0.6) is 0 Å². The summed E-state index contributed by atoms with van der Waals surface area (Å²) in [6, 6.07) is 0.0197. The zero-order valence-corrected chi connectivity index (χ0v) is 22.5. The molecule has 6 rings (SSSR count). The van der Waals surface area contributed by atoms with Gasteiger partial charge in [0, 0.05) is 43.0 Å². The summed E-state index contributed by atoms with van der Waals surface area (Å²) in [7, 11) is 0. The van der Waals surface area contributed by atoms with Gasteiger partial charge >= 0.3 is 0 Å². The Labute approximate surface area is 219 Å². The fourth-order valence-electron chi connectivity index (χ4n) is 5.41. The largest absolute Gasteiger partial charge is 0.598 e. The normalized spacial score (nSPS) is 21.9. The molecular formula is C26H34N8O2S. The van der Waals surface area contributed by atoms with Gasteiger partial charge in [0.1, 0.15) is 17.6 Å². The Balaban J connectivity index is 1.36. The van der Waals surface area contributed by atoms with Crippen LogP contribution in [-0.2, 0) is 11.4 Å². The molecule has 3 aliphatic rings. The van der Waals surface area contributed by atoms with Gasteiger partial charge < -0.3 is 9.87 Å². The molecule has 2 aliphatic carbocycles. The first-order valence-corrected chi connectivity index (χ1v) is 14.7. The maximum atomic E-state index is 13.8. The van der Waals surface area contributed by atoms with E-state index in [4.69, 9.17) is 4.98 Å². The van der Waals surface area contributed by atoms with Crippen LogP contribution in [0.1, 0.15) is 69.3 Å². The first-order chi connectivity index (χ1) is 17.9. The lowest BCUT2D eigenvalue weighted by Crippen LogP contribution is -2.32. The molecule has 4 heterocycles. The molecule has 1 aliphatic heterocycles. The molecule has 3 fully saturated rings. The van der Waals surface area contributed by atoms with Crippen molar-refractivity contribution in [3.05, 3.63) is 34.3 Å². The van der Waals surface area contributed by atoms with Crippen molar-refractivity contribution in [2.45, 2.75) is 64.8 Å². The highest BCUT2D eigenvalue weighted by Crippen LogP contribution is 2.43. The van der Waals surface area contributed by atoms with E-state index in [1.807, 2.05) is 22.7 Å². The van der Waals surface area contributed by atoms with Crippen LogP contribution in [0.4, 0.5) is 5.82 Å². The summed E-state index contributed by atoms with van der Waals surface area (Å²) in [6.45, 7) is 8.21. The summed E-state index contributed by atoms with van der Waals surface area (Å²) in [5.41, 5.74) is 3.74. The fraction of sp³-hybridized carbons (Fsp3) is 0.615. The first-order valence-electron chi connectivity index (χ1n) is 13.4. The third-order valence-electron chi connectivity index (χ3n) is 7.94. The van der Waals surface area contributed by atoms with Gasteiger partial charge in [-0.1, -0.05) is 0 Å². The highest BCUT2D eigenvalue weighted by atomic mass is 32.2. The number of hydrogen-bond acceptors (Lipinski definition) is 9. The molecule has 0 aromatic carbocycles. The summed E-state index contributed by atoms with van der Waals surface area (Å²) in [6.07, 6.45) is 8.75. The molecule has 1 saturated heterocycles. The molecule has 0 bridgehead atoms. The fourth-order valence-corrected chi connectivity index (χ4v) is 6.46. The van der Waals surface area contributed by atoms with Crippen LogP contribution in [-0.4, -0.2) is 63.7 Å². The number of nitrogens with one attached hydrogen (secondary N) is 1. The number of fused-ring (bicyclic) bond motifs is 1. The van der Waals surface area contributed by atoms with Gasteiger partial charge in [0.2, 0.25) is 0 Å². The van der Waals surface area contributed by atoms with Gasteiger partial charge in [-0.25, -0.2) is 24.9 Å². The van der Waals surface area contributed by atoms with Crippen molar-refractivity contribution >= 4 is 28.3 Å². The Morgan fingerprint density at radius 1 is 1.16 bits per heavy atom. The van der Waals surface area contributed by atoms with Crippen LogP contribution in [0.2, 0.25) is 0 Å². The second-order valence-electron chi connectivity index (χ2n) is 10.6. The number of rotatable bonds is 9. The van der Waals surface area contributed by atoms with Gasteiger partial charge in [0.15, 0.2) is 17.3 Å². The van der Waals surface area contributed by atoms with E-state index in [1.54, 1.807) is 12.5 Å². The molecule has 3 aromatic heterocycles. The lowest BCUT2D eigenvalue weighted by molar-refractivity contribution is 0.461. The van der Waals surface area contributed by atoms with Crippen LogP contribution < -0.4 is 10.9 Å². The minimum absolute atomic E-state index is 0.0197. The van der Waals surface area contributed by atoms with E-state index in [9.17, 15) is 9.35 Å². The third kappa shape index (κ3) is 4.84. The van der Waals surface area contributed by atoms with Crippen molar-refractivity contribution in [3.63, 3.8) is 0 Å². The summed E-state index contributed by atoms with van der Waals surface area (Å²) < 4.78 is 16.0. The summed E-state index contributed by atoms with van der Waals surface area (Å²) in [5, 5.41) is 3.32. The standard InChI is InChI=1S/C26H34N8O2S/c1-4-37(36)33-10-9-17(13-33)11-27-24-26(35)34(16(3)18-5-6-18)25-20(31-24)12-28-23(32-25)21-15(2)29-14-30-22(21)19-7-8-19/h12,14,16-19H,4-11,13H2,1-3H3,(H,27,31)/t16-,17+,37?/m0/s1. The van der Waals surface area contributed by atoms with Gasteiger partial charge in [-0.2, -0.15) is 0 Å². The number of aryl methyl sites for hydroxylation is 1. The molecule has 11 heteroatoms. The average molecular weight is 523 g/mol. The SMILES string of the molecule is CC[S+]([O-])N1CC[C@H](CNc2nc3cnc(-c4c(C)ncnc4C4CC4)nc3n([C@@H](C)C3CC3)c2=O)C1. The van der Waals surface area contributed by atoms with E-state index >= 15 is 0 Å². The van der Waals surface area contributed by atoms with Crippen LogP contribution in [0.15, 0.2) is 17.3 Å².